The summed E-state index contributed by atoms with van der Waals surface area (Å²) in [6.07, 6.45) is 0. The minimum absolute atomic E-state index is 0.535. The van der Waals surface area contributed by atoms with Crippen molar-refractivity contribution in [2.24, 2.45) is 14.1 Å². The van der Waals surface area contributed by atoms with Crippen LogP contribution in [0, 0.1) is 27.7 Å². The van der Waals surface area contributed by atoms with Crippen molar-refractivity contribution in [3.8, 4) is 45.7 Å². The molecule has 0 spiro atoms. The molecule has 0 aliphatic carbocycles. The first-order valence-corrected chi connectivity index (χ1v) is 19.1. The van der Waals surface area contributed by atoms with Crippen LogP contribution in [0.1, 0.15) is 33.9 Å². The van der Waals surface area contributed by atoms with Crippen molar-refractivity contribution in [2.45, 2.75) is 49.5 Å². The largest absolute Gasteiger partial charge is 0.334 e. The van der Waals surface area contributed by atoms with Crippen molar-refractivity contribution in [3.05, 3.63) is 131 Å². The van der Waals surface area contributed by atoms with Gasteiger partial charge in [-0.05, 0) is 52.0 Å². The summed E-state index contributed by atoms with van der Waals surface area (Å²) in [6.45, 7) is 8.21. The van der Waals surface area contributed by atoms with Gasteiger partial charge in [0.1, 0.15) is 0 Å². The Balaban J connectivity index is 0.000000167. The monoisotopic (exact) mass is 754 g/mol. The van der Waals surface area contributed by atoms with E-state index in [1.165, 1.54) is 34.7 Å². The number of nitrogens with zero attached hydrogens (tertiary/aromatic N) is 10. The second-order valence-corrected chi connectivity index (χ2v) is 14.7. The van der Waals surface area contributed by atoms with E-state index in [-0.39, 0.29) is 0 Å². The van der Waals surface area contributed by atoms with Crippen molar-refractivity contribution in [2.75, 3.05) is 0 Å². The maximum atomic E-state index is 5.39. The summed E-state index contributed by atoms with van der Waals surface area (Å²) in [5.41, 5.74) is 8.70. The molecule has 4 aromatic carbocycles. The molecule has 0 radical (unpaired) electrons. The molecule has 0 atom stereocenters. The second-order valence-electron chi connectivity index (χ2n) is 12.8. The normalized spacial score (nSPS) is 11.1. The molecule has 4 aromatic heterocycles. The van der Waals surface area contributed by atoms with Crippen molar-refractivity contribution >= 4 is 23.5 Å². The lowest BCUT2D eigenvalue weighted by Crippen LogP contribution is -1.95. The zero-order valence-corrected chi connectivity index (χ0v) is 32.4. The van der Waals surface area contributed by atoms with Crippen LogP contribution < -0.4 is 0 Å². The summed E-state index contributed by atoms with van der Waals surface area (Å²) >= 11 is 3.07. The molecular weight excluding hydrogens is 717 g/mol. The summed E-state index contributed by atoms with van der Waals surface area (Å²) in [5.74, 6) is 5.15. The molecule has 272 valence electrons. The smallest absolute Gasteiger partial charge is 0.257 e. The highest BCUT2D eigenvalue weighted by Gasteiger charge is 2.16. The average Bonchev–Trinajstić information content (AvgIpc) is 3.99. The van der Waals surface area contributed by atoms with Crippen molar-refractivity contribution < 1.29 is 9.05 Å². The van der Waals surface area contributed by atoms with Gasteiger partial charge in [0.25, 0.3) is 11.8 Å². The highest BCUT2D eigenvalue weighted by atomic mass is 32.2. The third-order valence-electron chi connectivity index (χ3n) is 8.42. The number of hydrogen-bond acceptors (Lipinski definition) is 12. The highest BCUT2D eigenvalue weighted by Crippen LogP contribution is 2.28. The molecule has 0 saturated carbocycles. The van der Waals surface area contributed by atoms with Gasteiger partial charge >= 0.3 is 0 Å². The van der Waals surface area contributed by atoms with Crippen LogP contribution in [0.4, 0.5) is 0 Å². The third-order valence-corrected chi connectivity index (χ3v) is 10.4. The highest BCUT2D eigenvalue weighted by molar-refractivity contribution is 7.98. The standard InChI is InChI=1S/2C20H19N5OS/c2*1-13-7-9-15(10-8-13)18-22-23-20(25(18)3)27-12-17-21-19(26-24-17)16-6-4-5-14(2)11-16/h2*4-11H,12H2,1-3H3. The van der Waals surface area contributed by atoms with Crippen LogP contribution >= 0.6 is 23.5 Å². The fraction of sp³-hybridized carbons (Fsp3) is 0.200. The van der Waals surface area contributed by atoms with Crippen LogP contribution in [0.2, 0.25) is 0 Å². The number of aromatic nitrogens is 10. The maximum absolute atomic E-state index is 5.39. The predicted octanol–water partition coefficient (Wildman–Crippen LogP) is 8.88. The molecule has 0 aliphatic rings. The van der Waals surface area contributed by atoms with E-state index in [4.69, 9.17) is 9.05 Å². The molecule has 0 amide bonds. The number of thioether (sulfide) groups is 2. The fourth-order valence-corrected chi connectivity index (χ4v) is 6.97. The molecule has 0 fully saturated rings. The fourth-order valence-electron chi connectivity index (χ4n) is 5.46. The zero-order valence-electron chi connectivity index (χ0n) is 30.8. The SMILES string of the molecule is Cc1ccc(-c2nnc(SCc3noc(-c4cccc(C)c4)n3)n2C)cc1.Cc1ccc(-c2nnc(SCc3noc(-c4cccc(C)c4)n3)n2C)cc1. The second kappa shape index (κ2) is 16.4. The van der Waals surface area contributed by atoms with Gasteiger partial charge < -0.3 is 18.2 Å². The van der Waals surface area contributed by atoms with Gasteiger partial charge in [-0.15, -0.1) is 20.4 Å². The first-order chi connectivity index (χ1) is 26.2. The topological polar surface area (TPSA) is 139 Å². The Morgan fingerprint density at radius 3 is 1.28 bits per heavy atom. The van der Waals surface area contributed by atoms with Gasteiger partial charge in [-0.25, -0.2) is 0 Å². The van der Waals surface area contributed by atoms with Gasteiger partial charge in [0.2, 0.25) is 0 Å². The molecule has 0 bridgehead atoms. The minimum Gasteiger partial charge on any atom is -0.334 e. The van der Waals surface area contributed by atoms with Gasteiger partial charge in [0.15, 0.2) is 33.6 Å². The summed E-state index contributed by atoms with van der Waals surface area (Å²) in [7, 11) is 3.93. The number of aryl methyl sites for hydroxylation is 4. The molecule has 12 nitrogen and oxygen atoms in total. The van der Waals surface area contributed by atoms with Gasteiger partial charge in [-0.1, -0.05) is 129 Å². The average molecular weight is 755 g/mol. The van der Waals surface area contributed by atoms with Gasteiger partial charge in [0, 0.05) is 36.3 Å². The first-order valence-electron chi connectivity index (χ1n) is 17.2. The van der Waals surface area contributed by atoms with E-state index in [2.05, 4.69) is 103 Å². The van der Waals surface area contributed by atoms with E-state index in [0.29, 0.717) is 34.9 Å². The molecule has 14 heteroatoms. The summed E-state index contributed by atoms with van der Waals surface area (Å²) in [5, 5.41) is 27.0. The van der Waals surface area contributed by atoms with Crippen LogP contribution in [-0.2, 0) is 25.6 Å². The predicted molar refractivity (Wildman–Crippen MR) is 210 cm³/mol. The Labute approximate surface area is 321 Å². The Hall–Kier alpha value is -5.86. The van der Waals surface area contributed by atoms with Gasteiger partial charge in [-0.2, -0.15) is 9.97 Å². The molecular formula is C40H38N10O2S2. The Morgan fingerprint density at radius 1 is 0.481 bits per heavy atom. The molecule has 0 aliphatic heterocycles. The van der Waals surface area contributed by atoms with Crippen molar-refractivity contribution in [1.29, 1.82) is 0 Å². The van der Waals surface area contributed by atoms with Crippen LogP contribution in [0.25, 0.3) is 45.7 Å². The minimum atomic E-state index is 0.535. The van der Waals surface area contributed by atoms with E-state index >= 15 is 0 Å². The molecule has 54 heavy (non-hydrogen) atoms. The van der Waals surface area contributed by atoms with E-state index in [0.717, 1.165) is 55.3 Å². The number of benzene rings is 4. The van der Waals surface area contributed by atoms with E-state index in [1.54, 1.807) is 0 Å². The molecule has 8 rings (SSSR count). The third kappa shape index (κ3) is 8.67. The number of hydrogen-bond donors (Lipinski definition) is 0. The molecule has 0 saturated heterocycles. The summed E-state index contributed by atoms with van der Waals surface area (Å²) in [6, 6.07) is 32.5. The van der Waals surface area contributed by atoms with Crippen LogP contribution in [0.15, 0.2) is 116 Å². The van der Waals surface area contributed by atoms with Gasteiger partial charge in [0.05, 0.1) is 11.5 Å². The summed E-state index contributed by atoms with van der Waals surface area (Å²) in [4.78, 5) is 8.97. The summed E-state index contributed by atoms with van der Waals surface area (Å²) < 4.78 is 14.8. The Bertz CT molecular complexity index is 2310. The van der Waals surface area contributed by atoms with Gasteiger partial charge in [-0.3, -0.25) is 0 Å². The maximum Gasteiger partial charge on any atom is 0.257 e. The molecule has 8 aromatic rings. The lowest BCUT2D eigenvalue weighted by molar-refractivity contribution is 0.425. The Kier molecular flexibility index (Phi) is 11.1. The van der Waals surface area contributed by atoms with Crippen LogP contribution in [0.5, 0.6) is 0 Å². The van der Waals surface area contributed by atoms with Crippen molar-refractivity contribution in [3.63, 3.8) is 0 Å². The molecule has 0 unspecified atom stereocenters. The van der Waals surface area contributed by atoms with E-state index < -0.39 is 0 Å². The quantitative estimate of drug-likeness (QED) is 0.123. The van der Waals surface area contributed by atoms with E-state index in [1.807, 2.05) is 85.6 Å². The molecule has 4 heterocycles. The molecule has 0 N–H and O–H groups in total. The van der Waals surface area contributed by atoms with Crippen molar-refractivity contribution in [1.82, 2.24) is 49.8 Å². The van der Waals surface area contributed by atoms with E-state index in [9.17, 15) is 0 Å². The number of rotatable bonds is 10. The Morgan fingerprint density at radius 2 is 0.889 bits per heavy atom. The first kappa shape index (κ1) is 36.5. The zero-order chi connectivity index (χ0) is 37.6. The van der Waals surface area contributed by atoms with Crippen LogP contribution in [0.3, 0.4) is 0 Å². The lowest BCUT2D eigenvalue weighted by Gasteiger charge is -2.03. The van der Waals surface area contributed by atoms with Crippen LogP contribution in [-0.4, -0.2) is 49.8 Å². The lowest BCUT2D eigenvalue weighted by atomic mass is 10.1.